The van der Waals surface area contributed by atoms with Gasteiger partial charge in [-0.25, -0.2) is 0 Å². The standard InChI is InChI=1S/C12H22N2O4/c1-4-7(2)13-11(16)8(3)14-6-9(15)5-10(14)12(17)18/h7-10,15H,4-6H2,1-3H3,(H,13,16)(H,17,18). The highest BCUT2D eigenvalue weighted by molar-refractivity contribution is 5.83. The third-order valence-electron chi connectivity index (χ3n) is 3.48. The summed E-state index contributed by atoms with van der Waals surface area (Å²) in [5, 5.41) is 21.4. The summed E-state index contributed by atoms with van der Waals surface area (Å²) in [6.07, 6.45) is 0.324. The van der Waals surface area contributed by atoms with Crippen molar-refractivity contribution in [3.05, 3.63) is 0 Å². The lowest BCUT2D eigenvalue weighted by atomic mass is 10.1. The van der Waals surface area contributed by atoms with Crippen LogP contribution >= 0.6 is 0 Å². The number of rotatable bonds is 5. The van der Waals surface area contributed by atoms with Gasteiger partial charge in [-0.15, -0.1) is 0 Å². The largest absolute Gasteiger partial charge is 0.480 e. The molecular weight excluding hydrogens is 236 g/mol. The average molecular weight is 258 g/mol. The van der Waals surface area contributed by atoms with Crippen molar-refractivity contribution in [2.75, 3.05) is 6.54 Å². The van der Waals surface area contributed by atoms with Crippen LogP contribution in [0.25, 0.3) is 0 Å². The summed E-state index contributed by atoms with van der Waals surface area (Å²) in [6.45, 7) is 5.77. The fraction of sp³-hybridized carbons (Fsp3) is 0.833. The third kappa shape index (κ3) is 3.43. The maximum atomic E-state index is 11.9. The van der Waals surface area contributed by atoms with Crippen molar-refractivity contribution in [1.82, 2.24) is 10.2 Å². The Kier molecular flexibility index (Phi) is 5.10. The molecule has 0 spiro atoms. The Bertz CT molecular complexity index is 321. The van der Waals surface area contributed by atoms with E-state index in [-0.39, 0.29) is 24.9 Å². The van der Waals surface area contributed by atoms with E-state index in [0.29, 0.717) is 0 Å². The number of nitrogens with zero attached hydrogens (tertiary/aromatic N) is 1. The first kappa shape index (κ1) is 14.9. The number of aliphatic hydroxyl groups is 1. The van der Waals surface area contributed by atoms with Gasteiger partial charge in [-0.05, 0) is 20.3 Å². The summed E-state index contributed by atoms with van der Waals surface area (Å²) in [5.74, 6) is -1.18. The van der Waals surface area contributed by atoms with E-state index in [4.69, 9.17) is 5.11 Å². The number of carboxylic acid groups (broad SMARTS) is 1. The fourth-order valence-electron chi connectivity index (χ4n) is 2.13. The highest BCUT2D eigenvalue weighted by atomic mass is 16.4. The number of likely N-dealkylation sites (tertiary alicyclic amines) is 1. The molecule has 18 heavy (non-hydrogen) atoms. The van der Waals surface area contributed by atoms with E-state index in [1.165, 1.54) is 0 Å². The van der Waals surface area contributed by atoms with Gasteiger partial charge in [-0.2, -0.15) is 0 Å². The predicted octanol–water partition coefficient (Wildman–Crippen LogP) is -0.191. The topological polar surface area (TPSA) is 89.9 Å². The van der Waals surface area contributed by atoms with Crippen LogP contribution in [0.2, 0.25) is 0 Å². The van der Waals surface area contributed by atoms with E-state index in [1.54, 1.807) is 11.8 Å². The molecule has 104 valence electrons. The third-order valence-corrected chi connectivity index (χ3v) is 3.48. The molecule has 0 aromatic heterocycles. The van der Waals surface area contributed by atoms with Crippen LogP contribution in [0, 0.1) is 0 Å². The van der Waals surface area contributed by atoms with Gasteiger partial charge in [0.25, 0.3) is 0 Å². The molecule has 0 aliphatic carbocycles. The normalized spacial score (nSPS) is 27.8. The first-order valence-corrected chi connectivity index (χ1v) is 6.33. The molecule has 4 atom stereocenters. The molecule has 6 heteroatoms. The fourth-order valence-corrected chi connectivity index (χ4v) is 2.13. The van der Waals surface area contributed by atoms with Crippen molar-refractivity contribution in [2.24, 2.45) is 0 Å². The summed E-state index contributed by atoms with van der Waals surface area (Å²) in [5.41, 5.74) is 0. The maximum absolute atomic E-state index is 11.9. The zero-order valence-electron chi connectivity index (χ0n) is 11.1. The lowest BCUT2D eigenvalue weighted by Crippen LogP contribution is -2.51. The van der Waals surface area contributed by atoms with Crippen LogP contribution in [-0.2, 0) is 9.59 Å². The van der Waals surface area contributed by atoms with Gasteiger partial charge in [-0.3, -0.25) is 14.5 Å². The summed E-state index contributed by atoms with van der Waals surface area (Å²) in [6, 6.07) is -1.26. The lowest BCUT2D eigenvalue weighted by Gasteiger charge is -2.28. The van der Waals surface area contributed by atoms with E-state index < -0.39 is 24.2 Å². The number of β-amino-alcohol motifs (C(OH)–C–C–N with tert-alkyl or cyclic N) is 1. The number of carboxylic acids is 1. The molecule has 1 rings (SSSR count). The van der Waals surface area contributed by atoms with Crippen LogP contribution in [0.3, 0.4) is 0 Å². The van der Waals surface area contributed by atoms with Crippen molar-refractivity contribution in [2.45, 2.75) is 57.8 Å². The molecule has 1 heterocycles. The SMILES string of the molecule is CCC(C)NC(=O)C(C)N1CC(O)CC1C(=O)O. The van der Waals surface area contributed by atoms with E-state index >= 15 is 0 Å². The first-order valence-electron chi connectivity index (χ1n) is 6.33. The van der Waals surface area contributed by atoms with E-state index in [1.807, 2.05) is 13.8 Å². The molecule has 1 amide bonds. The number of carbonyl (C=O) groups excluding carboxylic acids is 1. The number of aliphatic carboxylic acids is 1. The summed E-state index contributed by atoms with van der Waals surface area (Å²) in [7, 11) is 0. The van der Waals surface area contributed by atoms with Gasteiger partial charge in [0.2, 0.25) is 5.91 Å². The summed E-state index contributed by atoms with van der Waals surface area (Å²) in [4.78, 5) is 24.6. The molecule has 1 aliphatic heterocycles. The first-order chi connectivity index (χ1) is 8.36. The second-order valence-electron chi connectivity index (χ2n) is 4.93. The number of aliphatic hydroxyl groups excluding tert-OH is 1. The van der Waals surface area contributed by atoms with Crippen molar-refractivity contribution in [3.63, 3.8) is 0 Å². The molecule has 1 aliphatic rings. The average Bonchev–Trinajstić information content (AvgIpc) is 2.70. The second kappa shape index (κ2) is 6.15. The molecule has 3 N–H and O–H groups in total. The van der Waals surface area contributed by atoms with Crippen molar-refractivity contribution in [3.8, 4) is 0 Å². The van der Waals surface area contributed by atoms with Crippen molar-refractivity contribution in [1.29, 1.82) is 0 Å². The second-order valence-corrected chi connectivity index (χ2v) is 4.93. The molecule has 1 saturated heterocycles. The van der Waals surface area contributed by atoms with Crippen molar-refractivity contribution < 1.29 is 19.8 Å². The van der Waals surface area contributed by atoms with Crippen LogP contribution in [0.1, 0.15) is 33.6 Å². The van der Waals surface area contributed by atoms with E-state index in [0.717, 1.165) is 6.42 Å². The monoisotopic (exact) mass is 258 g/mol. The van der Waals surface area contributed by atoms with Gasteiger partial charge in [0.1, 0.15) is 6.04 Å². The number of hydrogen-bond donors (Lipinski definition) is 3. The Morgan fingerprint density at radius 1 is 1.44 bits per heavy atom. The minimum absolute atomic E-state index is 0.0655. The minimum atomic E-state index is -0.991. The smallest absolute Gasteiger partial charge is 0.321 e. The zero-order chi connectivity index (χ0) is 13.9. The van der Waals surface area contributed by atoms with Gasteiger partial charge in [0, 0.05) is 19.0 Å². The predicted molar refractivity (Wildman–Crippen MR) is 66.1 cm³/mol. The van der Waals surface area contributed by atoms with Gasteiger partial charge >= 0.3 is 5.97 Å². The Morgan fingerprint density at radius 2 is 2.06 bits per heavy atom. The van der Waals surface area contributed by atoms with Crippen LogP contribution in [-0.4, -0.2) is 57.8 Å². The summed E-state index contributed by atoms with van der Waals surface area (Å²) < 4.78 is 0. The lowest BCUT2D eigenvalue weighted by molar-refractivity contribution is -0.144. The van der Waals surface area contributed by atoms with Crippen LogP contribution in [0.4, 0.5) is 0 Å². The van der Waals surface area contributed by atoms with E-state index in [9.17, 15) is 14.7 Å². The summed E-state index contributed by atoms with van der Waals surface area (Å²) >= 11 is 0. The Morgan fingerprint density at radius 3 is 2.56 bits per heavy atom. The Labute approximate surface area is 107 Å². The molecule has 0 saturated carbocycles. The molecule has 0 aromatic carbocycles. The molecule has 1 fully saturated rings. The van der Waals surface area contributed by atoms with Crippen molar-refractivity contribution >= 4 is 11.9 Å². The highest BCUT2D eigenvalue weighted by Gasteiger charge is 2.40. The molecular formula is C12H22N2O4. The molecule has 0 radical (unpaired) electrons. The number of nitrogens with one attached hydrogen (secondary N) is 1. The quantitative estimate of drug-likeness (QED) is 0.636. The van der Waals surface area contributed by atoms with E-state index in [2.05, 4.69) is 5.32 Å². The Hall–Kier alpha value is -1.14. The minimum Gasteiger partial charge on any atom is -0.480 e. The number of carbonyl (C=O) groups is 2. The number of hydrogen-bond acceptors (Lipinski definition) is 4. The van der Waals surface area contributed by atoms with Gasteiger partial charge < -0.3 is 15.5 Å². The van der Waals surface area contributed by atoms with Crippen LogP contribution < -0.4 is 5.32 Å². The highest BCUT2D eigenvalue weighted by Crippen LogP contribution is 2.21. The molecule has 0 bridgehead atoms. The van der Waals surface area contributed by atoms with Gasteiger partial charge in [0.05, 0.1) is 12.1 Å². The zero-order valence-corrected chi connectivity index (χ0v) is 11.1. The molecule has 6 nitrogen and oxygen atoms in total. The number of amides is 1. The maximum Gasteiger partial charge on any atom is 0.321 e. The molecule has 0 aromatic rings. The van der Waals surface area contributed by atoms with Crippen LogP contribution in [0.5, 0.6) is 0 Å². The Balaban J connectivity index is 2.67. The van der Waals surface area contributed by atoms with Gasteiger partial charge in [0.15, 0.2) is 0 Å². The molecule has 4 unspecified atom stereocenters. The van der Waals surface area contributed by atoms with Crippen LogP contribution in [0.15, 0.2) is 0 Å². The van der Waals surface area contributed by atoms with Gasteiger partial charge in [-0.1, -0.05) is 6.92 Å².